The summed E-state index contributed by atoms with van der Waals surface area (Å²) in [6.45, 7) is 6.97. The molecule has 1 aromatic carbocycles. The van der Waals surface area contributed by atoms with E-state index in [0.29, 0.717) is 10.3 Å². The van der Waals surface area contributed by atoms with E-state index in [0.717, 1.165) is 74.9 Å². The van der Waals surface area contributed by atoms with Crippen molar-refractivity contribution in [1.29, 1.82) is 0 Å². The number of piperidine rings is 1. The summed E-state index contributed by atoms with van der Waals surface area (Å²) < 4.78 is 0. The van der Waals surface area contributed by atoms with E-state index in [1.165, 1.54) is 5.56 Å². The normalized spacial score (nSPS) is 23.0. The lowest BCUT2D eigenvalue weighted by molar-refractivity contribution is -0.139. The lowest BCUT2D eigenvalue weighted by atomic mass is 9.72. The van der Waals surface area contributed by atoms with Crippen molar-refractivity contribution in [2.75, 3.05) is 44.2 Å². The zero-order valence-electron chi connectivity index (χ0n) is 17.8. The van der Waals surface area contributed by atoms with Gasteiger partial charge < -0.3 is 15.1 Å². The van der Waals surface area contributed by atoms with Crippen LogP contribution in [-0.2, 0) is 16.0 Å². The van der Waals surface area contributed by atoms with Gasteiger partial charge in [0, 0.05) is 47.8 Å². The SMILES string of the molecule is CC1SCc2ncnc(N3CCN(C(=O)C4(c5cccc(Cl)c5)CCNCC4)CC3)c21. The predicted octanol–water partition coefficient (Wildman–Crippen LogP) is 3.41. The molecule has 1 amide bonds. The Kier molecular flexibility index (Phi) is 5.84. The number of rotatable bonds is 3. The van der Waals surface area contributed by atoms with Gasteiger partial charge >= 0.3 is 0 Å². The van der Waals surface area contributed by atoms with Gasteiger partial charge in [-0.15, -0.1) is 11.8 Å². The molecular weight excluding hydrogens is 430 g/mol. The molecule has 3 aliphatic heterocycles. The molecule has 0 bridgehead atoms. The number of carbonyl (C=O) groups is 1. The molecule has 0 saturated carbocycles. The summed E-state index contributed by atoms with van der Waals surface area (Å²) in [4.78, 5) is 27.4. The summed E-state index contributed by atoms with van der Waals surface area (Å²) in [6, 6.07) is 7.88. The van der Waals surface area contributed by atoms with Gasteiger partial charge in [-0.25, -0.2) is 9.97 Å². The fourth-order valence-corrected chi connectivity index (χ4v) is 6.42. The first-order chi connectivity index (χ1) is 15.1. The van der Waals surface area contributed by atoms with Crippen molar-refractivity contribution >= 4 is 35.1 Å². The third-order valence-corrected chi connectivity index (χ3v) is 8.34. The molecule has 1 aromatic heterocycles. The number of carbonyl (C=O) groups excluding carboxylic acids is 1. The van der Waals surface area contributed by atoms with Gasteiger partial charge in [-0.3, -0.25) is 4.79 Å². The largest absolute Gasteiger partial charge is 0.353 e. The number of hydrogen-bond acceptors (Lipinski definition) is 6. The predicted molar refractivity (Wildman–Crippen MR) is 126 cm³/mol. The highest BCUT2D eigenvalue weighted by atomic mass is 35.5. The maximum Gasteiger partial charge on any atom is 0.233 e. The Hall–Kier alpha value is -1.83. The number of halogens is 1. The van der Waals surface area contributed by atoms with Crippen LogP contribution >= 0.6 is 23.4 Å². The van der Waals surface area contributed by atoms with E-state index in [1.807, 2.05) is 30.0 Å². The number of piperazine rings is 1. The molecule has 0 aliphatic carbocycles. The highest BCUT2D eigenvalue weighted by Crippen LogP contribution is 2.44. The number of thioether (sulfide) groups is 1. The molecule has 3 aliphatic rings. The summed E-state index contributed by atoms with van der Waals surface area (Å²) in [5.74, 6) is 2.26. The second-order valence-electron chi connectivity index (χ2n) is 8.63. The van der Waals surface area contributed by atoms with Crippen molar-refractivity contribution < 1.29 is 4.79 Å². The monoisotopic (exact) mass is 457 g/mol. The van der Waals surface area contributed by atoms with Crippen molar-refractivity contribution in [2.45, 2.75) is 36.2 Å². The van der Waals surface area contributed by atoms with Crippen molar-refractivity contribution in [3.63, 3.8) is 0 Å². The number of benzene rings is 1. The fraction of sp³-hybridized carbons (Fsp3) is 0.522. The van der Waals surface area contributed by atoms with Gasteiger partial charge in [0.15, 0.2) is 0 Å². The van der Waals surface area contributed by atoms with Gasteiger partial charge in [0.1, 0.15) is 12.1 Å². The van der Waals surface area contributed by atoms with Gasteiger partial charge in [-0.05, 0) is 50.6 Å². The van der Waals surface area contributed by atoms with Crippen LogP contribution in [0.4, 0.5) is 5.82 Å². The number of nitrogens with zero attached hydrogens (tertiary/aromatic N) is 4. The third-order valence-electron chi connectivity index (χ3n) is 6.93. The number of hydrogen-bond donors (Lipinski definition) is 1. The van der Waals surface area contributed by atoms with E-state index in [-0.39, 0.29) is 5.91 Å². The summed E-state index contributed by atoms with van der Waals surface area (Å²) in [7, 11) is 0. The number of aromatic nitrogens is 2. The zero-order valence-corrected chi connectivity index (χ0v) is 19.4. The van der Waals surface area contributed by atoms with E-state index in [2.05, 4.69) is 38.1 Å². The second kappa shape index (κ2) is 8.60. The first-order valence-electron chi connectivity index (χ1n) is 11.0. The topological polar surface area (TPSA) is 61.4 Å². The third kappa shape index (κ3) is 3.81. The molecule has 8 heteroatoms. The molecule has 2 aromatic rings. The molecule has 31 heavy (non-hydrogen) atoms. The van der Waals surface area contributed by atoms with E-state index >= 15 is 0 Å². The Labute approximate surface area is 192 Å². The molecule has 2 fully saturated rings. The average molecular weight is 458 g/mol. The van der Waals surface area contributed by atoms with Gasteiger partial charge in [0.05, 0.1) is 11.1 Å². The summed E-state index contributed by atoms with van der Waals surface area (Å²) in [5, 5.41) is 4.53. The Balaban J connectivity index is 1.35. The number of fused-ring (bicyclic) bond motifs is 1. The smallest absolute Gasteiger partial charge is 0.233 e. The van der Waals surface area contributed by atoms with Crippen molar-refractivity contribution in [1.82, 2.24) is 20.2 Å². The second-order valence-corrected chi connectivity index (χ2v) is 10.4. The van der Waals surface area contributed by atoms with Crippen LogP contribution in [0.5, 0.6) is 0 Å². The minimum atomic E-state index is -0.486. The van der Waals surface area contributed by atoms with E-state index in [9.17, 15) is 4.79 Å². The molecule has 1 unspecified atom stereocenters. The number of anilines is 1. The minimum Gasteiger partial charge on any atom is -0.353 e. The molecule has 0 spiro atoms. The molecule has 2 saturated heterocycles. The van der Waals surface area contributed by atoms with Crippen LogP contribution in [0.2, 0.25) is 5.02 Å². The van der Waals surface area contributed by atoms with Crippen molar-refractivity contribution in [3.8, 4) is 0 Å². The van der Waals surface area contributed by atoms with Gasteiger partial charge in [-0.2, -0.15) is 0 Å². The molecule has 164 valence electrons. The van der Waals surface area contributed by atoms with Crippen LogP contribution in [-0.4, -0.2) is 60.0 Å². The van der Waals surface area contributed by atoms with Crippen molar-refractivity contribution in [3.05, 3.63) is 52.4 Å². The first kappa shape index (κ1) is 21.0. The highest BCUT2D eigenvalue weighted by Gasteiger charge is 2.44. The van der Waals surface area contributed by atoms with Crippen LogP contribution < -0.4 is 10.2 Å². The fourth-order valence-electron chi connectivity index (χ4n) is 5.18. The standard InChI is InChI=1S/C23H28ClN5OS/c1-16-20-19(14-31-16)26-15-27-21(20)28-9-11-29(12-10-28)22(30)23(5-7-25-8-6-23)17-3-2-4-18(24)13-17/h2-4,13,15-16,25H,5-12,14H2,1H3. The Morgan fingerprint density at radius 3 is 2.71 bits per heavy atom. The summed E-state index contributed by atoms with van der Waals surface area (Å²) >= 11 is 8.22. The maximum absolute atomic E-state index is 13.9. The van der Waals surface area contributed by atoms with E-state index in [1.54, 1.807) is 6.33 Å². The molecule has 6 nitrogen and oxygen atoms in total. The minimum absolute atomic E-state index is 0.243. The first-order valence-corrected chi connectivity index (χ1v) is 12.5. The summed E-state index contributed by atoms with van der Waals surface area (Å²) in [6.07, 6.45) is 3.30. The molecule has 1 N–H and O–H groups in total. The quantitative estimate of drug-likeness (QED) is 0.762. The molecule has 0 radical (unpaired) electrons. The van der Waals surface area contributed by atoms with Gasteiger partial charge in [0.2, 0.25) is 5.91 Å². The van der Waals surface area contributed by atoms with Crippen LogP contribution in [0, 0.1) is 0 Å². The van der Waals surface area contributed by atoms with E-state index < -0.39 is 5.41 Å². The average Bonchev–Trinajstić information content (AvgIpc) is 3.20. The zero-order chi connectivity index (χ0) is 21.4. The Morgan fingerprint density at radius 2 is 1.97 bits per heavy atom. The van der Waals surface area contributed by atoms with Gasteiger partial charge in [-0.1, -0.05) is 23.7 Å². The highest BCUT2D eigenvalue weighted by molar-refractivity contribution is 7.99. The maximum atomic E-state index is 13.9. The van der Waals surface area contributed by atoms with E-state index in [4.69, 9.17) is 11.6 Å². The van der Waals surface area contributed by atoms with Crippen LogP contribution in [0.3, 0.4) is 0 Å². The number of nitrogens with one attached hydrogen (secondary N) is 1. The van der Waals surface area contributed by atoms with Crippen LogP contribution in [0.15, 0.2) is 30.6 Å². The lowest BCUT2D eigenvalue weighted by Crippen LogP contribution is -2.57. The van der Waals surface area contributed by atoms with Crippen molar-refractivity contribution in [2.24, 2.45) is 0 Å². The molecule has 5 rings (SSSR count). The molecular formula is C23H28ClN5OS. The van der Waals surface area contributed by atoms with Gasteiger partial charge in [0.25, 0.3) is 0 Å². The Bertz CT molecular complexity index is 972. The van der Waals surface area contributed by atoms with Crippen LogP contribution in [0.1, 0.15) is 41.8 Å². The Morgan fingerprint density at radius 1 is 1.19 bits per heavy atom. The number of amides is 1. The molecule has 1 atom stereocenters. The lowest BCUT2D eigenvalue weighted by Gasteiger charge is -2.43. The molecule has 4 heterocycles. The summed E-state index contributed by atoms with van der Waals surface area (Å²) in [5.41, 5.74) is 3.00. The van der Waals surface area contributed by atoms with Crippen LogP contribution in [0.25, 0.3) is 0 Å².